The molecule has 1 aromatic heterocycles. The fraction of sp³-hybridized carbons (Fsp3) is 0.545. The Balaban J connectivity index is 2.43. The van der Waals surface area contributed by atoms with Crippen molar-refractivity contribution in [2.75, 3.05) is 13.7 Å². The van der Waals surface area contributed by atoms with Crippen LogP contribution in [0.1, 0.15) is 11.4 Å². The molecule has 0 aromatic carbocycles. The molecule has 0 spiro atoms. The zero-order valence-corrected chi connectivity index (χ0v) is 10.6. The lowest BCUT2D eigenvalue weighted by molar-refractivity contribution is -0.150. The third-order valence-corrected chi connectivity index (χ3v) is 2.36. The normalized spacial score (nSPS) is 12.0. The van der Waals surface area contributed by atoms with Crippen LogP contribution in [0.3, 0.4) is 0 Å². The van der Waals surface area contributed by atoms with Crippen molar-refractivity contribution < 1.29 is 19.4 Å². The van der Waals surface area contributed by atoms with E-state index in [1.807, 2.05) is 19.9 Å². The standard InChI is InChI=1S/C11H17N3O4/c1-7-4-8(2)14(13-7)6-10(16)12-5-9(15)11(17)18-3/h4,9,15H,5-6H2,1-3H3,(H,12,16). The largest absolute Gasteiger partial charge is 0.467 e. The van der Waals surface area contributed by atoms with Gasteiger partial charge in [-0.05, 0) is 19.9 Å². The fourth-order valence-electron chi connectivity index (χ4n) is 1.46. The molecule has 1 unspecified atom stereocenters. The van der Waals surface area contributed by atoms with Crippen LogP contribution in [0.5, 0.6) is 0 Å². The molecule has 1 heterocycles. The molecule has 0 fully saturated rings. The van der Waals surface area contributed by atoms with Crippen LogP contribution in [0, 0.1) is 13.8 Å². The lowest BCUT2D eigenvalue weighted by Gasteiger charge is -2.10. The van der Waals surface area contributed by atoms with Crippen LogP contribution < -0.4 is 5.32 Å². The predicted molar refractivity (Wildman–Crippen MR) is 62.7 cm³/mol. The first-order chi connectivity index (χ1) is 8.43. The number of aliphatic hydroxyl groups is 1. The van der Waals surface area contributed by atoms with Gasteiger partial charge in [0.25, 0.3) is 0 Å². The zero-order chi connectivity index (χ0) is 13.7. The Hall–Kier alpha value is -1.89. The maximum Gasteiger partial charge on any atom is 0.336 e. The van der Waals surface area contributed by atoms with Crippen molar-refractivity contribution in [1.29, 1.82) is 0 Å². The smallest absolute Gasteiger partial charge is 0.336 e. The molecule has 0 radical (unpaired) electrons. The van der Waals surface area contributed by atoms with Gasteiger partial charge in [-0.1, -0.05) is 0 Å². The Kier molecular flexibility index (Phi) is 4.85. The second-order valence-electron chi connectivity index (χ2n) is 3.93. The number of aromatic nitrogens is 2. The van der Waals surface area contributed by atoms with Gasteiger partial charge in [-0.25, -0.2) is 4.79 Å². The van der Waals surface area contributed by atoms with Gasteiger partial charge in [0.1, 0.15) is 6.54 Å². The van der Waals surface area contributed by atoms with E-state index in [1.165, 1.54) is 7.11 Å². The average molecular weight is 255 g/mol. The Morgan fingerprint density at radius 3 is 2.72 bits per heavy atom. The summed E-state index contributed by atoms with van der Waals surface area (Å²) >= 11 is 0. The molecule has 7 nitrogen and oxygen atoms in total. The number of hydrogen-bond acceptors (Lipinski definition) is 5. The summed E-state index contributed by atoms with van der Waals surface area (Å²) in [6.45, 7) is 3.55. The highest BCUT2D eigenvalue weighted by molar-refractivity contribution is 5.78. The second-order valence-corrected chi connectivity index (χ2v) is 3.93. The number of carbonyl (C=O) groups is 2. The topological polar surface area (TPSA) is 93.5 Å². The minimum Gasteiger partial charge on any atom is -0.467 e. The Morgan fingerprint density at radius 2 is 2.22 bits per heavy atom. The third kappa shape index (κ3) is 3.85. The number of nitrogens with zero attached hydrogens (tertiary/aromatic N) is 2. The number of ether oxygens (including phenoxy) is 1. The van der Waals surface area contributed by atoms with E-state index in [9.17, 15) is 14.7 Å². The summed E-state index contributed by atoms with van der Waals surface area (Å²) in [7, 11) is 1.17. The van der Waals surface area contributed by atoms with Crippen molar-refractivity contribution in [2.45, 2.75) is 26.5 Å². The van der Waals surface area contributed by atoms with Gasteiger partial charge >= 0.3 is 5.97 Å². The molecule has 0 aliphatic heterocycles. The van der Waals surface area contributed by atoms with Gasteiger partial charge in [-0.15, -0.1) is 0 Å². The van der Waals surface area contributed by atoms with E-state index in [2.05, 4.69) is 15.2 Å². The minimum atomic E-state index is -1.35. The van der Waals surface area contributed by atoms with Crippen LogP contribution in [-0.4, -0.2) is 46.5 Å². The number of rotatable bonds is 5. The minimum absolute atomic E-state index is 0.0492. The highest BCUT2D eigenvalue weighted by Gasteiger charge is 2.16. The quantitative estimate of drug-likeness (QED) is 0.668. The lowest BCUT2D eigenvalue weighted by atomic mass is 10.3. The first-order valence-corrected chi connectivity index (χ1v) is 5.47. The number of nitrogens with one attached hydrogen (secondary N) is 1. The Bertz CT molecular complexity index is 441. The van der Waals surface area contributed by atoms with Crippen LogP contribution in [0.25, 0.3) is 0 Å². The number of esters is 1. The van der Waals surface area contributed by atoms with Crippen LogP contribution in [0.15, 0.2) is 6.07 Å². The number of amides is 1. The number of methoxy groups -OCH3 is 1. The van der Waals surface area contributed by atoms with Crippen molar-refractivity contribution in [3.63, 3.8) is 0 Å². The molecule has 2 N–H and O–H groups in total. The molecule has 7 heteroatoms. The maximum atomic E-state index is 11.6. The van der Waals surface area contributed by atoms with Crippen LogP contribution in [0.4, 0.5) is 0 Å². The number of hydrogen-bond donors (Lipinski definition) is 2. The first kappa shape index (κ1) is 14.2. The molecule has 0 saturated carbocycles. The molecule has 1 atom stereocenters. The maximum absolute atomic E-state index is 11.6. The predicted octanol–water partition coefficient (Wildman–Crippen LogP) is -0.850. The van der Waals surface area contributed by atoms with E-state index in [0.717, 1.165) is 11.4 Å². The monoisotopic (exact) mass is 255 g/mol. The SMILES string of the molecule is COC(=O)C(O)CNC(=O)Cn1nc(C)cc1C. The van der Waals surface area contributed by atoms with E-state index in [4.69, 9.17) is 0 Å². The fourth-order valence-corrected chi connectivity index (χ4v) is 1.46. The highest BCUT2D eigenvalue weighted by Crippen LogP contribution is 2.00. The van der Waals surface area contributed by atoms with Gasteiger partial charge in [0.15, 0.2) is 6.10 Å². The third-order valence-electron chi connectivity index (χ3n) is 2.36. The van der Waals surface area contributed by atoms with Gasteiger partial charge in [-0.3, -0.25) is 9.48 Å². The first-order valence-electron chi connectivity index (χ1n) is 5.47. The molecule has 1 rings (SSSR count). The molecule has 0 aliphatic rings. The van der Waals surface area contributed by atoms with Gasteiger partial charge in [-0.2, -0.15) is 5.10 Å². The van der Waals surface area contributed by atoms with Crippen LogP contribution >= 0.6 is 0 Å². The van der Waals surface area contributed by atoms with Gasteiger partial charge < -0.3 is 15.2 Å². The van der Waals surface area contributed by atoms with E-state index >= 15 is 0 Å². The summed E-state index contributed by atoms with van der Waals surface area (Å²) < 4.78 is 5.88. The average Bonchev–Trinajstić information content (AvgIpc) is 2.63. The molecular formula is C11H17N3O4. The van der Waals surface area contributed by atoms with Crippen molar-refractivity contribution in [3.8, 4) is 0 Å². The molecule has 0 saturated heterocycles. The van der Waals surface area contributed by atoms with Crippen LogP contribution in [-0.2, 0) is 20.9 Å². The van der Waals surface area contributed by atoms with E-state index in [0.29, 0.717) is 0 Å². The summed E-state index contributed by atoms with van der Waals surface area (Å²) in [6, 6.07) is 1.86. The second kappa shape index (κ2) is 6.15. The molecule has 0 bridgehead atoms. The summed E-state index contributed by atoms with van der Waals surface area (Å²) in [5.74, 6) is -1.11. The molecule has 1 amide bonds. The molecule has 0 aliphatic carbocycles. The summed E-state index contributed by atoms with van der Waals surface area (Å²) in [5, 5.41) is 15.8. The molecule has 18 heavy (non-hydrogen) atoms. The molecule has 100 valence electrons. The Labute approximate surface area is 105 Å². The van der Waals surface area contributed by atoms with Crippen molar-refractivity contribution in [1.82, 2.24) is 15.1 Å². The van der Waals surface area contributed by atoms with E-state index in [-0.39, 0.29) is 19.0 Å². The zero-order valence-electron chi connectivity index (χ0n) is 10.6. The van der Waals surface area contributed by atoms with Crippen molar-refractivity contribution in [3.05, 3.63) is 17.5 Å². The van der Waals surface area contributed by atoms with E-state index in [1.54, 1.807) is 4.68 Å². The number of aliphatic hydroxyl groups excluding tert-OH is 1. The van der Waals surface area contributed by atoms with Gasteiger partial charge in [0, 0.05) is 5.69 Å². The summed E-state index contributed by atoms with van der Waals surface area (Å²) in [5.41, 5.74) is 1.70. The summed E-state index contributed by atoms with van der Waals surface area (Å²) in [4.78, 5) is 22.5. The summed E-state index contributed by atoms with van der Waals surface area (Å²) in [6.07, 6.45) is -1.35. The Morgan fingerprint density at radius 1 is 1.56 bits per heavy atom. The lowest BCUT2D eigenvalue weighted by Crippen LogP contribution is -2.38. The number of carbonyl (C=O) groups excluding carboxylic acids is 2. The number of aryl methyl sites for hydroxylation is 2. The van der Waals surface area contributed by atoms with Crippen molar-refractivity contribution >= 4 is 11.9 Å². The van der Waals surface area contributed by atoms with Gasteiger partial charge in [0.05, 0.1) is 19.3 Å². The molecule has 1 aromatic rings. The highest BCUT2D eigenvalue weighted by atomic mass is 16.5. The van der Waals surface area contributed by atoms with Crippen LogP contribution in [0.2, 0.25) is 0 Å². The molecular weight excluding hydrogens is 238 g/mol. The van der Waals surface area contributed by atoms with Crippen molar-refractivity contribution in [2.24, 2.45) is 0 Å². The van der Waals surface area contributed by atoms with E-state index < -0.39 is 12.1 Å². The van der Waals surface area contributed by atoms with Gasteiger partial charge in [0.2, 0.25) is 5.91 Å².